The van der Waals surface area contributed by atoms with E-state index in [1.54, 1.807) is 11.9 Å². The van der Waals surface area contributed by atoms with Gasteiger partial charge in [0, 0.05) is 24.0 Å². The minimum absolute atomic E-state index is 0.0321. The van der Waals surface area contributed by atoms with Gasteiger partial charge in [-0.15, -0.1) is 0 Å². The molecule has 3 rings (SSSR count). The summed E-state index contributed by atoms with van der Waals surface area (Å²) in [6.45, 7) is 2.48. The van der Waals surface area contributed by atoms with Crippen molar-refractivity contribution in [3.05, 3.63) is 77.3 Å². The number of carbonyl (C=O) groups excluding carboxylic acids is 1. The second-order valence-electron chi connectivity index (χ2n) is 6.31. The van der Waals surface area contributed by atoms with Crippen LogP contribution in [0.3, 0.4) is 0 Å². The van der Waals surface area contributed by atoms with Crippen molar-refractivity contribution >= 4 is 28.3 Å². The summed E-state index contributed by atoms with van der Waals surface area (Å²) >= 11 is 5.92. The van der Waals surface area contributed by atoms with E-state index in [0.29, 0.717) is 18.0 Å². The molecule has 0 heterocycles. The normalized spacial score (nSPS) is 12.0. The number of benzene rings is 3. The maximum Gasteiger partial charge on any atom is 0.263 e. The third kappa shape index (κ3) is 4.17. The lowest BCUT2D eigenvalue weighted by Gasteiger charge is -2.24. The van der Waals surface area contributed by atoms with Gasteiger partial charge in [-0.05, 0) is 35.6 Å². The smallest absolute Gasteiger partial charge is 0.263 e. The van der Waals surface area contributed by atoms with Crippen molar-refractivity contribution in [3.63, 3.8) is 0 Å². The summed E-state index contributed by atoms with van der Waals surface area (Å²) in [6.07, 6.45) is 0.0885. The first-order valence-electron chi connectivity index (χ1n) is 8.72. The standard InChI is InChI=1S/C22H22ClNO2/c1-3-20(22(25)24(2)15-16-11-13-18(23)14-12-16)26-21-10-6-8-17-7-4-5-9-19(17)21/h4-14,20H,3,15H2,1-2H3/t20-/m1/s1. The molecule has 0 bridgehead atoms. The van der Waals surface area contributed by atoms with Gasteiger partial charge in [-0.25, -0.2) is 0 Å². The Morgan fingerprint density at radius 1 is 1.04 bits per heavy atom. The number of hydrogen-bond donors (Lipinski definition) is 0. The Hall–Kier alpha value is -2.52. The van der Waals surface area contributed by atoms with Crippen LogP contribution in [0, 0.1) is 0 Å². The van der Waals surface area contributed by atoms with Crippen LogP contribution in [-0.2, 0) is 11.3 Å². The number of likely N-dealkylation sites (N-methyl/N-ethyl adjacent to an activating group) is 1. The zero-order valence-corrected chi connectivity index (χ0v) is 15.7. The molecule has 3 aromatic carbocycles. The molecule has 0 unspecified atom stereocenters. The van der Waals surface area contributed by atoms with Gasteiger partial charge in [-0.3, -0.25) is 4.79 Å². The molecule has 0 aliphatic heterocycles. The van der Waals surface area contributed by atoms with Crippen LogP contribution in [0.2, 0.25) is 5.02 Å². The molecule has 134 valence electrons. The highest BCUT2D eigenvalue weighted by molar-refractivity contribution is 6.30. The maximum absolute atomic E-state index is 12.9. The quantitative estimate of drug-likeness (QED) is 0.591. The van der Waals surface area contributed by atoms with Crippen molar-refractivity contribution in [1.29, 1.82) is 0 Å². The molecule has 4 heteroatoms. The third-order valence-electron chi connectivity index (χ3n) is 4.37. The number of fused-ring (bicyclic) bond motifs is 1. The predicted octanol–water partition coefficient (Wildman–Crippen LogP) is 5.31. The Kier molecular flexibility index (Phi) is 5.79. The Morgan fingerprint density at radius 2 is 1.73 bits per heavy atom. The second kappa shape index (κ2) is 8.24. The van der Waals surface area contributed by atoms with Gasteiger partial charge in [-0.2, -0.15) is 0 Å². The van der Waals surface area contributed by atoms with Crippen LogP contribution < -0.4 is 4.74 Å². The summed E-state index contributed by atoms with van der Waals surface area (Å²) in [4.78, 5) is 14.6. The number of carbonyl (C=O) groups is 1. The molecule has 1 atom stereocenters. The van der Waals surface area contributed by atoms with E-state index >= 15 is 0 Å². The second-order valence-corrected chi connectivity index (χ2v) is 6.75. The fourth-order valence-corrected chi connectivity index (χ4v) is 3.07. The van der Waals surface area contributed by atoms with Gasteiger partial charge < -0.3 is 9.64 Å². The van der Waals surface area contributed by atoms with Gasteiger partial charge in [-0.1, -0.05) is 67.1 Å². The third-order valence-corrected chi connectivity index (χ3v) is 4.63. The van der Waals surface area contributed by atoms with E-state index in [-0.39, 0.29) is 5.91 Å². The molecule has 26 heavy (non-hydrogen) atoms. The van der Waals surface area contributed by atoms with E-state index in [9.17, 15) is 4.79 Å². The molecular weight excluding hydrogens is 346 g/mol. The van der Waals surface area contributed by atoms with Gasteiger partial charge in [0.05, 0.1) is 0 Å². The van der Waals surface area contributed by atoms with Crippen molar-refractivity contribution in [1.82, 2.24) is 4.90 Å². The largest absolute Gasteiger partial charge is 0.480 e. The summed E-state index contributed by atoms with van der Waals surface area (Å²) in [7, 11) is 1.80. The SMILES string of the molecule is CC[C@@H](Oc1cccc2ccccc12)C(=O)N(C)Cc1ccc(Cl)cc1. The van der Waals surface area contributed by atoms with Gasteiger partial charge in [0.1, 0.15) is 5.75 Å². The van der Waals surface area contributed by atoms with Crippen molar-refractivity contribution in [2.24, 2.45) is 0 Å². The minimum atomic E-state index is -0.516. The molecule has 0 spiro atoms. The molecule has 0 radical (unpaired) electrons. The predicted molar refractivity (Wildman–Crippen MR) is 107 cm³/mol. The van der Waals surface area contributed by atoms with Crippen LogP contribution in [0.4, 0.5) is 0 Å². The van der Waals surface area contributed by atoms with Gasteiger partial charge in [0.2, 0.25) is 0 Å². The van der Waals surface area contributed by atoms with Crippen LogP contribution in [0.5, 0.6) is 5.75 Å². The van der Waals surface area contributed by atoms with E-state index in [4.69, 9.17) is 16.3 Å². The fourth-order valence-electron chi connectivity index (χ4n) is 2.95. The van der Waals surface area contributed by atoms with Gasteiger partial charge >= 0.3 is 0 Å². The van der Waals surface area contributed by atoms with E-state index in [1.807, 2.05) is 73.7 Å². The molecule has 0 aliphatic carbocycles. The van der Waals surface area contributed by atoms with Gasteiger partial charge in [0.25, 0.3) is 5.91 Å². The average molecular weight is 368 g/mol. The number of nitrogens with zero attached hydrogens (tertiary/aromatic N) is 1. The van der Waals surface area contributed by atoms with Crippen molar-refractivity contribution in [2.75, 3.05) is 7.05 Å². The number of halogens is 1. The highest BCUT2D eigenvalue weighted by Crippen LogP contribution is 2.27. The van der Waals surface area contributed by atoms with Crippen LogP contribution in [0.25, 0.3) is 10.8 Å². The lowest BCUT2D eigenvalue weighted by molar-refractivity contribution is -0.138. The highest BCUT2D eigenvalue weighted by Gasteiger charge is 2.23. The summed E-state index contributed by atoms with van der Waals surface area (Å²) < 4.78 is 6.10. The summed E-state index contributed by atoms with van der Waals surface area (Å²) in [5, 5.41) is 2.80. The summed E-state index contributed by atoms with van der Waals surface area (Å²) in [5.74, 6) is 0.707. The first-order chi connectivity index (χ1) is 12.6. The lowest BCUT2D eigenvalue weighted by atomic mass is 10.1. The zero-order valence-electron chi connectivity index (χ0n) is 15.0. The first-order valence-corrected chi connectivity index (χ1v) is 9.10. The first kappa shape index (κ1) is 18.3. The molecule has 3 nitrogen and oxygen atoms in total. The molecule has 0 saturated heterocycles. The number of ether oxygens (including phenoxy) is 1. The maximum atomic E-state index is 12.9. The Bertz CT molecular complexity index is 887. The van der Waals surface area contributed by atoms with Gasteiger partial charge in [0.15, 0.2) is 6.10 Å². The highest BCUT2D eigenvalue weighted by atomic mass is 35.5. The van der Waals surface area contributed by atoms with Crippen LogP contribution in [0.15, 0.2) is 66.7 Å². The Balaban J connectivity index is 1.74. The number of rotatable bonds is 6. The van der Waals surface area contributed by atoms with E-state index < -0.39 is 6.10 Å². The molecule has 0 saturated carbocycles. The van der Waals surface area contributed by atoms with E-state index in [1.165, 1.54) is 0 Å². The molecule has 0 aliphatic rings. The number of amides is 1. The van der Waals surface area contributed by atoms with Crippen molar-refractivity contribution in [2.45, 2.75) is 26.0 Å². The lowest BCUT2D eigenvalue weighted by Crippen LogP contribution is -2.39. The van der Waals surface area contributed by atoms with Crippen LogP contribution in [-0.4, -0.2) is 24.0 Å². The van der Waals surface area contributed by atoms with E-state index in [2.05, 4.69) is 0 Å². The average Bonchev–Trinajstić information content (AvgIpc) is 2.67. The zero-order chi connectivity index (χ0) is 18.5. The Labute approximate surface area is 159 Å². The minimum Gasteiger partial charge on any atom is -0.480 e. The molecule has 0 aromatic heterocycles. The van der Waals surface area contributed by atoms with Crippen molar-refractivity contribution < 1.29 is 9.53 Å². The summed E-state index contributed by atoms with van der Waals surface area (Å²) in [6, 6.07) is 21.5. The molecule has 0 fully saturated rings. The fraction of sp³-hybridized carbons (Fsp3) is 0.227. The van der Waals surface area contributed by atoms with E-state index in [0.717, 1.165) is 22.1 Å². The monoisotopic (exact) mass is 367 g/mol. The molecule has 3 aromatic rings. The van der Waals surface area contributed by atoms with Crippen molar-refractivity contribution in [3.8, 4) is 5.75 Å². The molecule has 1 amide bonds. The number of hydrogen-bond acceptors (Lipinski definition) is 2. The van der Waals surface area contributed by atoms with Crippen LogP contribution >= 0.6 is 11.6 Å². The van der Waals surface area contributed by atoms with Crippen LogP contribution in [0.1, 0.15) is 18.9 Å². The molecule has 0 N–H and O–H groups in total. The summed E-state index contributed by atoms with van der Waals surface area (Å²) in [5.41, 5.74) is 1.03. The molecular formula is C22H22ClNO2. The Morgan fingerprint density at radius 3 is 2.46 bits per heavy atom. The topological polar surface area (TPSA) is 29.5 Å².